The molecule has 11 nitrogen and oxygen atoms in total. The molecular formula is C28H26ClF2N5O6. The van der Waals surface area contributed by atoms with E-state index in [4.69, 9.17) is 25.8 Å². The van der Waals surface area contributed by atoms with Gasteiger partial charge in [-0.3, -0.25) is 4.90 Å². The van der Waals surface area contributed by atoms with Gasteiger partial charge < -0.3 is 29.0 Å². The molecule has 42 heavy (non-hydrogen) atoms. The van der Waals surface area contributed by atoms with E-state index in [1.165, 1.54) is 30.5 Å². The highest BCUT2D eigenvalue weighted by Crippen LogP contribution is 2.29. The highest BCUT2D eigenvalue weighted by Gasteiger charge is 2.39. The molecule has 0 aliphatic carbocycles. The van der Waals surface area contributed by atoms with Crippen molar-refractivity contribution in [1.29, 1.82) is 0 Å². The van der Waals surface area contributed by atoms with Crippen LogP contribution in [0.4, 0.5) is 8.78 Å². The predicted molar refractivity (Wildman–Crippen MR) is 144 cm³/mol. The fourth-order valence-electron chi connectivity index (χ4n) is 5.00. The number of imidazole rings is 1. The molecule has 0 radical (unpaired) electrons. The molecule has 0 spiro atoms. The minimum absolute atomic E-state index is 0.00616. The van der Waals surface area contributed by atoms with Gasteiger partial charge in [-0.25, -0.2) is 23.5 Å². The number of hydrogen-bond acceptors (Lipinski definition) is 9. The molecule has 220 valence electrons. The first-order valence-corrected chi connectivity index (χ1v) is 13.6. The number of rotatable bonds is 10. The molecule has 2 saturated heterocycles. The molecule has 2 aromatic carbocycles. The zero-order valence-corrected chi connectivity index (χ0v) is 22.9. The van der Waals surface area contributed by atoms with E-state index in [1.807, 2.05) is 4.90 Å². The van der Waals surface area contributed by atoms with Crippen molar-refractivity contribution in [3.63, 3.8) is 0 Å². The molecule has 1 unspecified atom stereocenters. The summed E-state index contributed by atoms with van der Waals surface area (Å²) in [6.45, 7) is 1.69. The number of aromatic nitrogens is 4. The number of ether oxygens (including phenoxy) is 3. The number of hydrogen-bond donors (Lipinski definition) is 2. The van der Waals surface area contributed by atoms with Gasteiger partial charge in [-0.05, 0) is 36.8 Å². The lowest BCUT2D eigenvalue weighted by molar-refractivity contribution is -0.128. The molecule has 2 fully saturated rings. The van der Waals surface area contributed by atoms with Crippen LogP contribution in [-0.4, -0.2) is 72.2 Å². The maximum atomic E-state index is 14.8. The second-order valence-electron chi connectivity index (χ2n) is 10.2. The van der Waals surface area contributed by atoms with Gasteiger partial charge in [0.2, 0.25) is 11.7 Å². The van der Waals surface area contributed by atoms with Crippen molar-refractivity contribution in [2.45, 2.75) is 44.4 Å². The molecule has 14 heteroatoms. The SMILES string of the molecule is O=C(O)c1cc(F)c2nc(CN3CC[C@](O)(Oc4ccnc(COc5ccc(Cl)cc5F)n4)C3)n(CC3CCO3)c2c1. The summed E-state index contributed by atoms with van der Waals surface area (Å²) < 4.78 is 47.5. The number of fused-ring (bicyclic) bond motifs is 1. The molecular weight excluding hydrogens is 576 g/mol. The summed E-state index contributed by atoms with van der Waals surface area (Å²) in [5, 5.41) is 20.9. The van der Waals surface area contributed by atoms with E-state index < -0.39 is 23.4 Å². The Kier molecular flexibility index (Phi) is 7.66. The fraction of sp³-hybridized carbons (Fsp3) is 0.357. The first-order valence-electron chi connectivity index (χ1n) is 13.2. The number of carboxylic acids is 1. The average molecular weight is 602 g/mol. The molecule has 4 heterocycles. The summed E-state index contributed by atoms with van der Waals surface area (Å²) in [7, 11) is 0. The van der Waals surface area contributed by atoms with Gasteiger partial charge in [0.25, 0.3) is 0 Å². The number of halogens is 3. The fourth-order valence-corrected chi connectivity index (χ4v) is 5.16. The Morgan fingerprint density at radius 2 is 2.02 bits per heavy atom. The molecule has 6 rings (SSSR count). The van der Waals surface area contributed by atoms with Crippen LogP contribution in [0.5, 0.6) is 11.6 Å². The zero-order chi connectivity index (χ0) is 29.4. The van der Waals surface area contributed by atoms with Crippen LogP contribution in [0.25, 0.3) is 11.0 Å². The Morgan fingerprint density at radius 1 is 1.19 bits per heavy atom. The monoisotopic (exact) mass is 601 g/mol. The van der Waals surface area contributed by atoms with Crippen LogP contribution in [0.2, 0.25) is 5.02 Å². The molecule has 2 N–H and O–H groups in total. The van der Waals surface area contributed by atoms with Crippen molar-refractivity contribution in [3.8, 4) is 11.6 Å². The summed E-state index contributed by atoms with van der Waals surface area (Å²) in [5.41, 5.74) is 0.283. The van der Waals surface area contributed by atoms with Gasteiger partial charge in [-0.2, -0.15) is 4.98 Å². The third-order valence-corrected chi connectivity index (χ3v) is 7.43. The van der Waals surface area contributed by atoms with Crippen molar-refractivity contribution in [2.24, 2.45) is 0 Å². The number of aromatic carboxylic acids is 1. The number of likely N-dealkylation sites (tertiary alicyclic amines) is 1. The van der Waals surface area contributed by atoms with Crippen molar-refractivity contribution in [2.75, 3.05) is 19.7 Å². The minimum Gasteiger partial charge on any atom is -0.483 e. The Bertz CT molecular complexity index is 1650. The third-order valence-electron chi connectivity index (χ3n) is 7.19. The van der Waals surface area contributed by atoms with Gasteiger partial charge in [-0.1, -0.05) is 11.6 Å². The highest BCUT2D eigenvalue weighted by atomic mass is 35.5. The molecule has 0 saturated carbocycles. The Balaban J connectivity index is 1.15. The van der Waals surface area contributed by atoms with E-state index in [0.29, 0.717) is 31.0 Å². The second kappa shape index (κ2) is 11.4. The third kappa shape index (κ3) is 6.00. The number of benzene rings is 2. The van der Waals surface area contributed by atoms with Gasteiger partial charge in [-0.15, -0.1) is 0 Å². The zero-order valence-electron chi connectivity index (χ0n) is 22.2. The molecule has 0 amide bonds. The van der Waals surface area contributed by atoms with E-state index in [9.17, 15) is 23.8 Å². The number of nitrogens with zero attached hydrogens (tertiary/aromatic N) is 5. The summed E-state index contributed by atoms with van der Waals surface area (Å²) in [6, 6.07) is 7.91. The smallest absolute Gasteiger partial charge is 0.335 e. The molecule has 2 aromatic heterocycles. The summed E-state index contributed by atoms with van der Waals surface area (Å²) in [6.07, 6.45) is 2.45. The highest BCUT2D eigenvalue weighted by molar-refractivity contribution is 6.30. The molecule has 2 aliphatic heterocycles. The van der Waals surface area contributed by atoms with Crippen LogP contribution >= 0.6 is 11.6 Å². The van der Waals surface area contributed by atoms with E-state index in [1.54, 1.807) is 4.57 Å². The number of carbonyl (C=O) groups is 1. The Morgan fingerprint density at radius 3 is 2.76 bits per heavy atom. The van der Waals surface area contributed by atoms with Gasteiger partial charge >= 0.3 is 5.97 Å². The number of aliphatic hydroxyl groups is 1. The van der Waals surface area contributed by atoms with Crippen LogP contribution in [-0.2, 0) is 24.4 Å². The van der Waals surface area contributed by atoms with Crippen molar-refractivity contribution in [1.82, 2.24) is 24.4 Å². The summed E-state index contributed by atoms with van der Waals surface area (Å²) in [4.78, 5) is 26.3. The standard InChI is InChI=1S/C28H26ClF2N5O6/c29-17-1-2-22(19(30)11-17)41-14-23-32-6-3-25(33-23)42-28(39)5-7-35(15-28)13-24-34-26-20(31)9-16(27(37)38)10-21(26)36(24)12-18-4-8-40-18/h1-3,6,9-11,18,39H,4-5,7-8,12-15H2,(H,37,38)/t18?,28-/m0/s1. The Hall–Kier alpha value is -3.91. The second-order valence-corrected chi connectivity index (χ2v) is 10.7. The van der Waals surface area contributed by atoms with Crippen LogP contribution in [0.15, 0.2) is 42.6 Å². The first kappa shape index (κ1) is 28.2. The predicted octanol–water partition coefficient (Wildman–Crippen LogP) is 3.80. The summed E-state index contributed by atoms with van der Waals surface area (Å²) >= 11 is 5.77. The van der Waals surface area contributed by atoms with Crippen LogP contribution < -0.4 is 9.47 Å². The molecule has 2 atom stereocenters. The largest absolute Gasteiger partial charge is 0.483 e. The van der Waals surface area contributed by atoms with Crippen LogP contribution in [0.3, 0.4) is 0 Å². The molecule has 0 bridgehead atoms. The Labute approximate surface area is 243 Å². The van der Waals surface area contributed by atoms with Crippen molar-refractivity contribution >= 4 is 28.6 Å². The molecule has 4 aromatic rings. The van der Waals surface area contributed by atoms with Crippen molar-refractivity contribution < 1.29 is 38.0 Å². The maximum absolute atomic E-state index is 14.8. The normalized spacial score (nSPS) is 20.5. The maximum Gasteiger partial charge on any atom is 0.335 e. The van der Waals surface area contributed by atoms with E-state index in [0.717, 1.165) is 18.6 Å². The lowest BCUT2D eigenvalue weighted by Crippen LogP contribution is -2.39. The molecule has 2 aliphatic rings. The van der Waals surface area contributed by atoms with Crippen LogP contribution in [0, 0.1) is 11.6 Å². The van der Waals surface area contributed by atoms with Gasteiger partial charge in [0.1, 0.15) is 17.9 Å². The van der Waals surface area contributed by atoms with E-state index >= 15 is 0 Å². The summed E-state index contributed by atoms with van der Waals surface area (Å²) in [5.74, 6) is -3.31. The number of β-amino-alcohol motifs (C(OH)–C–C–N with tert-alkyl or cyclic N) is 1. The average Bonchev–Trinajstić information content (AvgIpc) is 3.45. The first-order chi connectivity index (χ1) is 20.2. The minimum atomic E-state index is -1.58. The quantitative estimate of drug-likeness (QED) is 0.259. The van der Waals surface area contributed by atoms with Crippen LogP contribution in [0.1, 0.15) is 34.8 Å². The topological polar surface area (TPSA) is 132 Å². The van der Waals surface area contributed by atoms with Gasteiger partial charge in [0.05, 0.1) is 36.8 Å². The van der Waals surface area contributed by atoms with E-state index in [-0.39, 0.29) is 65.8 Å². The lowest BCUT2D eigenvalue weighted by atomic mass is 10.1. The number of carboxylic acid groups (broad SMARTS) is 1. The van der Waals surface area contributed by atoms with Gasteiger partial charge in [0.15, 0.2) is 23.2 Å². The van der Waals surface area contributed by atoms with Gasteiger partial charge in [0, 0.05) is 36.9 Å². The van der Waals surface area contributed by atoms with Crippen molar-refractivity contribution in [3.05, 3.63) is 76.5 Å². The lowest BCUT2D eigenvalue weighted by Gasteiger charge is -2.28. The van der Waals surface area contributed by atoms with E-state index in [2.05, 4.69) is 15.0 Å².